The molecule has 32 heavy (non-hydrogen) atoms. The number of sulfonamides is 1. The fourth-order valence-electron chi connectivity index (χ4n) is 4.21. The van der Waals surface area contributed by atoms with Crippen LogP contribution < -0.4 is 14.8 Å². The van der Waals surface area contributed by atoms with Crippen LogP contribution >= 0.6 is 0 Å². The highest BCUT2D eigenvalue weighted by atomic mass is 32.2. The lowest BCUT2D eigenvalue weighted by Gasteiger charge is -2.25. The van der Waals surface area contributed by atoms with Gasteiger partial charge in [0.25, 0.3) is 0 Å². The number of hydrogen-bond acceptors (Lipinski definition) is 4. The molecule has 1 saturated carbocycles. The van der Waals surface area contributed by atoms with Gasteiger partial charge in [-0.15, -0.1) is 0 Å². The van der Waals surface area contributed by atoms with Crippen molar-refractivity contribution in [2.24, 2.45) is 0 Å². The van der Waals surface area contributed by atoms with Crippen molar-refractivity contribution in [3.8, 4) is 5.75 Å². The van der Waals surface area contributed by atoms with Crippen molar-refractivity contribution in [3.63, 3.8) is 0 Å². The van der Waals surface area contributed by atoms with Crippen molar-refractivity contribution in [2.45, 2.75) is 75.3 Å². The van der Waals surface area contributed by atoms with E-state index in [1.54, 1.807) is 26.2 Å². The first-order chi connectivity index (χ1) is 15.4. The molecule has 0 bridgehead atoms. The third kappa shape index (κ3) is 6.81. The Morgan fingerprint density at radius 2 is 1.69 bits per heavy atom. The zero-order chi connectivity index (χ0) is 23.0. The Morgan fingerprint density at radius 3 is 2.31 bits per heavy atom. The Balaban J connectivity index is 1.80. The fourth-order valence-corrected chi connectivity index (χ4v) is 5.49. The molecule has 0 spiro atoms. The molecule has 1 aliphatic carbocycles. The van der Waals surface area contributed by atoms with Crippen LogP contribution in [-0.4, -0.2) is 33.5 Å². The number of aryl methyl sites for hydroxylation is 1. The number of carbonyl (C=O) groups excluding carboxylic acids is 1. The molecular formula is C25H34N2O4S. The molecule has 2 aromatic rings. The normalized spacial score (nSPS) is 16.6. The molecule has 0 unspecified atom stereocenters. The van der Waals surface area contributed by atoms with Gasteiger partial charge in [-0.05, 0) is 55.5 Å². The number of nitrogens with one attached hydrogen (secondary N) is 2. The largest absolute Gasteiger partial charge is 0.496 e. The highest BCUT2D eigenvalue weighted by molar-refractivity contribution is 7.89. The Morgan fingerprint density at radius 1 is 1.03 bits per heavy atom. The average Bonchev–Trinajstić information content (AvgIpc) is 2.75. The maximum absolute atomic E-state index is 13.2. The molecule has 2 aromatic carbocycles. The van der Waals surface area contributed by atoms with E-state index in [0.29, 0.717) is 11.3 Å². The third-order valence-electron chi connectivity index (χ3n) is 6.02. The predicted molar refractivity (Wildman–Crippen MR) is 126 cm³/mol. The lowest BCUT2D eigenvalue weighted by atomic mass is 9.96. The van der Waals surface area contributed by atoms with E-state index < -0.39 is 16.1 Å². The van der Waals surface area contributed by atoms with E-state index in [-0.39, 0.29) is 23.3 Å². The summed E-state index contributed by atoms with van der Waals surface area (Å²) in [7, 11) is -2.35. The minimum atomic E-state index is -3.89. The van der Waals surface area contributed by atoms with E-state index in [1.807, 2.05) is 30.3 Å². The highest BCUT2D eigenvalue weighted by Crippen LogP contribution is 2.22. The van der Waals surface area contributed by atoms with Crippen LogP contribution in [0.3, 0.4) is 0 Å². The molecule has 0 aliphatic heterocycles. The molecule has 0 radical (unpaired) electrons. The molecule has 1 atom stereocenters. The molecule has 1 amide bonds. The number of hydrogen-bond donors (Lipinski definition) is 2. The van der Waals surface area contributed by atoms with Crippen LogP contribution in [0.2, 0.25) is 0 Å². The number of rotatable bonds is 8. The molecular weight excluding hydrogens is 424 g/mol. The van der Waals surface area contributed by atoms with E-state index in [0.717, 1.165) is 31.2 Å². The summed E-state index contributed by atoms with van der Waals surface area (Å²) in [5.41, 5.74) is 1.62. The van der Waals surface area contributed by atoms with Crippen LogP contribution in [0.25, 0.3) is 0 Å². The Kier molecular flexibility index (Phi) is 8.70. The zero-order valence-corrected chi connectivity index (χ0v) is 19.8. The number of carbonyl (C=O) groups is 1. The first kappa shape index (κ1) is 24.3. The second-order valence-electron chi connectivity index (χ2n) is 8.55. The molecule has 2 N–H and O–H groups in total. The fraction of sp³-hybridized carbons (Fsp3) is 0.480. The summed E-state index contributed by atoms with van der Waals surface area (Å²) in [5, 5.41) is 3.12. The van der Waals surface area contributed by atoms with Gasteiger partial charge < -0.3 is 10.1 Å². The monoisotopic (exact) mass is 458 g/mol. The van der Waals surface area contributed by atoms with Crippen LogP contribution in [0.5, 0.6) is 5.75 Å². The quantitative estimate of drug-likeness (QED) is 0.623. The Bertz CT molecular complexity index is 984. The van der Waals surface area contributed by atoms with Crippen molar-refractivity contribution in [3.05, 3.63) is 59.7 Å². The van der Waals surface area contributed by atoms with Crippen LogP contribution in [-0.2, 0) is 21.2 Å². The van der Waals surface area contributed by atoms with Gasteiger partial charge in [-0.25, -0.2) is 8.42 Å². The summed E-state index contributed by atoms with van der Waals surface area (Å²) in [6.45, 7) is 1.79. The van der Waals surface area contributed by atoms with E-state index in [2.05, 4.69) is 10.0 Å². The number of methoxy groups -OCH3 is 1. The number of ether oxygens (including phenoxy) is 1. The second-order valence-corrected chi connectivity index (χ2v) is 10.3. The molecule has 1 aliphatic rings. The highest BCUT2D eigenvalue weighted by Gasteiger charge is 2.28. The standard InChI is InChI=1S/C25H34N2O4S/c1-19-17-22(15-16-24(19)31-2)32(29,30)27-23(18-20-11-7-6-8-12-20)25(28)26-21-13-9-4-3-5-10-14-21/h6-8,11-12,15-17,21,23,27H,3-5,9-10,13-14,18H2,1-2H3,(H,26,28)/t23-/m0/s1. The van der Waals surface area contributed by atoms with E-state index >= 15 is 0 Å². The molecule has 174 valence electrons. The Hall–Kier alpha value is -2.38. The number of amides is 1. The first-order valence-electron chi connectivity index (χ1n) is 11.4. The molecule has 6 nitrogen and oxygen atoms in total. The van der Waals surface area contributed by atoms with Gasteiger partial charge in [-0.2, -0.15) is 4.72 Å². The van der Waals surface area contributed by atoms with Crippen LogP contribution in [0, 0.1) is 6.92 Å². The Labute approximate surface area is 191 Å². The molecule has 7 heteroatoms. The third-order valence-corrected chi connectivity index (χ3v) is 7.49. The predicted octanol–water partition coefficient (Wildman–Crippen LogP) is 4.12. The van der Waals surface area contributed by atoms with Gasteiger partial charge in [0.1, 0.15) is 11.8 Å². The minimum Gasteiger partial charge on any atom is -0.496 e. The van der Waals surface area contributed by atoms with Crippen LogP contribution in [0.15, 0.2) is 53.4 Å². The van der Waals surface area contributed by atoms with Gasteiger partial charge >= 0.3 is 0 Å². The van der Waals surface area contributed by atoms with Crippen molar-refractivity contribution in [1.29, 1.82) is 0 Å². The zero-order valence-electron chi connectivity index (χ0n) is 19.0. The van der Waals surface area contributed by atoms with E-state index in [4.69, 9.17) is 4.74 Å². The second kappa shape index (κ2) is 11.5. The molecule has 3 rings (SSSR count). The van der Waals surface area contributed by atoms with E-state index in [1.165, 1.54) is 25.3 Å². The first-order valence-corrected chi connectivity index (χ1v) is 12.9. The summed E-state index contributed by atoms with van der Waals surface area (Å²) >= 11 is 0. The summed E-state index contributed by atoms with van der Waals surface area (Å²) in [5.74, 6) is 0.347. The maximum atomic E-state index is 13.2. The molecule has 0 heterocycles. The maximum Gasteiger partial charge on any atom is 0.241 e. The summed E-state index contributed by atoms with van der Waals surface area (Å²) in [4.78, 5) is 13.4. The van der Waals surface area contributed by atoms with Crippen molar-refractivity contribution < 1.29 is 17.9 Å². The summed E-state index contributed by atoms with van der Waals surface area (Å²) in [6.07, 6.45) is 7.96. The van der Waals surface area contributed by atoms with Gasteiger partial charge in [0.15, 0.2) is 0 Å². The number of benzene rings is 2. The molecule has 0 saturated heterocycles. The summed E-state index contributed by atoms with van der Waals surface area (Å²) in [6, 6.07) is 13.4. The van der Waals surface area contributed by atoms with Gasteiger partial charge in [-0.3, -0.25) is 4.79 Å². The van der Waals surface area contributed by atoms with Gasteiger partial charge in [0.05, 0.1) is 12.0 Å². The van der Waals surface area contributed by atoms with Crippen molar-refractivity contribution in [1.82, 2.24) is 10.0 Å². The lowest BCUT2D eigenvalue weighted by molar-refractivity contribution is -0.123. The smallest absolute Gasteiger partial charge is 0.241 e. The van der Waals surface area contributed by atoms with Gasteiger partial charge in [-0.1, -0.05) is 62.4 Å². The van der Waals surface area contributed by atoms with E-state index in [9.17, 15) is 13.2 Å². The van der Waals surface area contributed by atoms with Crippen molar-refractivity contribution in [2.75, 3.05) is 7.11 Å². The SMILES string of the molecule is COc1ccc(S(=O)(=O)N[C@@H](Cc2ccccc2)C(=O)NC2CCCCCCC2)cc1C. The van der Waals surface area contributed by atoms with Crippen LogP contribution in [0.1, 0.15) is 56.1 Å². The molecule has 0 aromatic heterocycles. The van der Waals surface area contributed by atoms with Crippen molar-refractivity contribution >= 4 is 15.9 Å². The van der Waals surface area contributed by atoms with Crippen LogP contribution in [0.4, 0.5) is 0 Å². The summed E-state index contributed by atoms with van der Waals surface area (Å²) < 4.78 is 34.2. The van der Waals surface area contributed by atoms with Gasteiger partial charge in [0, 0.05) is 6.04 Å². The topological polar surface area (TPSA) is 84.5 Å². The molecule has 1 fully saturated rings. The average molecular weight is 459 g/mol. The lowest BCUT2D eigenvalue weighted by Crippen LogP contribution is -2.50. The minimum absolute atomic E-state index is 0.0915. The van der Waals surface area contributed by atoms with Gasteiger partial charge in [0.2, 0.25) is 15.9 Å².